The van der Waals surface area contributed by atoms with E-state index in [4.69, 9.17) is 4.74 Å². The van der Waals surface area contributed by atoms with Gasteiger partial charge in [0.25, 0.3) is 0 Å². The van der Waals surface area contributed by atoms with E-state index in [1.807, 2.05) is 0 Å². The quantitative estimate of drug-likeness (QED) is 0.174. The number of hydrogen-bond donors (Lipinski definition) is 0. The minimum atomic E-state index is 0.133. The fourth-order valence-corrected chi connectivity index (χ4v) is 11.6. The van der Waals surface area contributed by atoms with Gasteiger partial charge in [-0.3, -0.25) is 0 Å². The van der Waals surface area contributed by atoms with Gasteiger partial charge in [0.2, 0.25) is 0 Å². The number of fused-ring (bicyclic) bond motifs is 11. The molecule has 288 valence electrons. The van der Waals surface area contributed by atoms with Crippen molar-refractivity contribution in [3.63, 3.8) is 0 Å². The lowest BCUT2D eigenvalue weighted by molar-refractivity contribution is 0.0740. The summed E-state index contributed by atoms with van der Waals surface area (Å²) in [5.74, 6) is 0.304. The van der Waals surface area contributed by atoms with Crippen LogP contribution in [0.1, 0.15) is 30.4 Å². The highest BCUT2D eigenvalue weighted by molar-refractivity contribution is 6.20. The maximum absolute atomic E-state index is 6.47. The van der Waals surface area contributed by atoms with Crippen LogP contribution in [0.5, 0.6) is 0 Å². The first-order valence-electron chi connectivity index (χ1n) is 21.8. The molecule has 1 aliphatic heterocycles. The van der Waals surface area contributed by atoms with Crippen molar-refractivity contribution in [2.45, 2.75) is 31.5 Å². The average Bonchev–Trinajstić information content (AvgIpc) is 4.06. The third-order valence-corrected chi connectivity index (χ3v) is 14.2. The van der Waals surface area contributed by atoms with Crippen LogP contribution in [0.25, 0.3) is 99.2 Å². The summed E-state index contributed by atoms with van der Waals surface area (Å²) in [5, 5.41) is 7.80. The number of rotatable bonds is 4. The van der Waals surface area contributed by atoms with Crippen molar-refractivity contribution in [1.29, 1.82) is 0 Å². The number of nitrogens with zero attached hydrogens (tertiary/aromatic N) is 2. The second-order valence-electron chi connectivity index (χ2n) is 17.3. The van der Waals surface area contributed by atoms with Gasteiger partial charge in [0.15, 0.2) is 0 Å². The predicted molar refractivity (Wildman–Crippen MR) is 255 cm³/mol. The smallest absolute Gasteiger partial charge is 0.0868 e. The van der Waals surface area contributed by atoms with Gasteiger partial charge in [-0.1, -0.05) is 140 Å². The van der Waals surface area contributed by atoms with Gasteiger partial charge in [0.05, 0.1) is 34.3 Å². The standard InChI is InChI=1S/C58H40N2O/c1-2-15-42-41(14-1)46-21-10-20-45-39(28-29-47(42)57(45)46)35-12-9-13-37(32-35)60-52-23-7-4-18-48(52)58-40(19-11-24-54(58)60)36-26-30-53-49(33-36)43-16-3-6-22-51(43)59(53)38-27-31-56-50(34-38)44-17-5-8-25-55(44)61-56/h2-13,15-30,32-34,44,55-56H,1,14,31H2. The summed E-state index contributed by atoms with van der Waals surface area (Å²) in [6.45, 7) is 0. The van der Waals surface area contributed by atoms with E-state index in [9.17, 15) is 0 Å². The monoisotopic (exact) mass is 780 g/mol. The topological polar surface area (TPSA) is 19.1 Å². The second-order valence-corrected chi connectivity index (χ2v) is 17.3. The molecule has 2 aromatic heterocycles. The summed E-state index contributed by atoms with van der Waals surface area (Å²) in [6.07, 6.45) is 21.6. The highest BCUT2D eigenvalue weighted by atomic mass is 16.5. The molecule has 0 bridgehead atoms. The van der Waals surface area contributed by atoms with Crippen molar-refractivity contribution in [2.24, 2.45) is 5.92 Å². The van der Waals surface area contributed by atoms with Crippen molar-refractivity contribution >= 4 is 71.2 Å². The number of benzene rings is 7. The minimum absolute atomic E-state index is 0.133. The summed E-state index contributed by atoms with van der Waals surface area (Å²) in [6, 6.07) is 52.5. The van der Waals surface area contributed by atoms with Crippen LogP contribution in [0.15, 0.2) is 194 Å². The van der Waals surface area contributed by atoms with E-state index in [0.29, 0.717) is 5.92 Å². The number of para-hydroxylation sites is 2. The molecule has 0 spiro atoms. The molecular formula is C58H40N2O. The van der Waals surface area contributed by atoms with Crippen molar-refractivity contribution in [3.8, 4) is 27.9 Å². The Bertz CT molecular complexity index is 3610. The summed E-state index contributed by atoms with van der Waals surface area (Å²) in [5.41, 5.74) is 19.3. The summed E-state index contributed by atoms with van der Waals surface area (Å²) < 4.78 is 11.4. The van der Waals surface area contributed by atoms with Crippen LogP contribution >= 0.6 is 0 Å². The molecule has 61 heavy (non-hydrogen) atoms. The van der Waals surface area contributed by atoms with E-state index in [-0.39, 0.29) is 12.2 Å². The molecule has 3 atom stereocenters. The van der Waals surface area contributed by atoms with Crippen LogP contribution < -0.4 is 0 Å². The molecule has 5 aliphatic rings. The van der Waals surface area contributed by atoms with Crippen molar-refractivity contribution < 1.29 is 4.74 Å². The third-order valence-electron chi connectivity index (χ3n) is 14.2. The zero-order valence-corrected chi connectivity index (χ0v) is 33.6. The first kappa shape index (κ1) is 33.6. The summed E-state index contributed by atoms with van der Waals surface area (Å²) in [7, 11) is 0. The van der Waals surface area contributed by atoms with Gasteiger partial charge < -0.3 is 13.9 Å². The molecule has 9 aromatic rings. The van der Waals surface area contributed by atoms with Crippen LogP contribution in [0.4, 0.5) is 0 Å². The summed E-state index contributed by atoms with van der Waals surface area (Å²) >= 11 is 0. The van der Waals surface area contributed by atoms with E-state index in [0.717, 1.165) is 19.3 Å². The lowest BCUT2D eigenvalue weighted by atomic mass is 9.86. The number of aromatic nitrogens is 2. The van der Waals surface area contributed by atoms with Gasteiger partial charge in [0, 0.05) is 38.8 Å². The highest BCUT2D eigenvalue weighted by Gasteiger charge is 2.39. The third kappa shape index (κ3) is 4.73. The van der Waals surface area contributed by atoms with E-state index in [1.165, 1.54) is 116 Å². The number of allylic oxidation sites excluding steroid dienone is 8. The molecule has 0 saturated carbocycles. The van der Waals surface area contributed by atoms with Crippen LogP contribution in [-0.4, -0.2) is 21.3 Å². The predicted octanol–water partition coefficient (Wildman–Crippen LogP) is 14.6. The Kier molecular flexibility index (Phi) is 6.97. The van der Waals surface area contributed by atoms with E-state index < -0.39 is 0 Å². The molecule has 3 heteroatoms. The Balaban J connectivity index is 0.912. The van der Waals surface area contributed by atoms with Crippen molar-refractivity contribution in [1.82, 2.24) is 9.13 Å². The van der Waals surface area contributed by atoms with Gasteiger partial charge in [-0.2, -0.15) is 0 Å². The molecule has 3 heterocycles. The Morgan fingerprint density at radius 3 is 2.25 bits per heavy atom. The molecule has 14 rings (SSSR count). The molecule has 1 fully saturated rings. The zero-order chi connectivity index (χ0) is 39.8. The van der Waals surface area contributed by atoms with Crippen LogP contribution in [0.3, 0.4) is 0 Å². The lowest BCUT2D eigenvalue weighted by Gasteiger charge is -2.20. The van der Waals surface area contributed by atoms with Gasteiger partial charge in [-0.05, 0) is 129 Å². The van der Waals surface area contributed by atoms with Gasteiger partial charge in [-0.15, -0.1) is 0 Å². The highest BCUT2D eigenvalue weighted by Crippen LogP contribution is 2.49. The first-order chi connectivity index (χ1) is 30.3. The first-order valence-corrected chi connectivity index (χ1v) is 21.8. The molecule has 0 amide bonds. The van der Waals surface area contributed by atoms with Crippen LogP contribution in [-0.2, 0) is 4.74 Å². The molecule has 0 N–H and O–H groups in total. The second kappa shape index (κ2) is 12.7. The maximum Gasteiger partial charge on any atom is 0.0868 e. The number of ether oxygens (including phenoxy) is 1. The SMILES string of the molecule is C1=CC2OC3CC=C(n4c5ccccc5c5cc(-c6cccc7c6c6ccccc6n7-c6cccc(-c7ccc8c9c(cccc79)C7=C8C=CCC7)c6)ccc54)C=C3C2C=C1. The molecule has 7 aromatic carbocycles. The fraction of sp³-hybridized carbons (Fsp3) is 0.103. The van der Waals surface area contributed by atoms with Gasteiger partial charge in [0.1, 0.15) is 0 Å². The van der Waals surface area contributed by atoms with E-state index >= 15 is 0 Å². The Morgan fingerprint density at radius 1 is 0.541 bits per heavy atom. The lowest BCUT2D eigenvalue weighted by Crippen LogP contribution is -2.13. The van der Waals surface area contributed by atoms with E-state index in [1.54, 1.807) is 0 Å². The molecule has 4 aliphatic carbocycles. The van der Waals surface area contributed by atoms with Gasteiger partial charge >= 0.3 is 0 Å². The molecule has 0 radical (unpaired) electrons. The fourth-order valence-electron chi connectivity index (χ4n) is 11.6. The largest absolute Gasteiger partial charge is 0.365 e. The summed E-state index contributed by atoms with van der Waals surface area (Å²) in [4.78, 5) is 0. The Morgan fingerprint density at radius 2 is 1.30 bits per heavy atom. The van der Waals surface area contributed by atoms with Gasteiger partial charge in [-0.25, -0.2) is 0 Å². The Labute approximate surface area is 353 Å². The number of hydrogen-bond acceptors (Lipinski definition) is 1. The molecule has 3 nitrogen and oxygen atoms in total. The zero-order valence-electron chi connectivity index (χ0n) is 33.6. The minimum Gasteiger partial charge on any atom is -0.365 e. The molecular weight excluding hydrogens is 741 g/mol. The van der Waals surface area contributed by atoms with Crippen molar-refractivity contribution in [3.05, 3.63) is 205 Å². The van der Waals surface area contributed by atoms with Crippen molar-refractivity contribution in [2.75, 3.05) is 0 Å². The Hall–Kier alpha value is -7.20. The van der Waals surface area contributed by atoms with E-state index in [2.05, 4.69) is 197 Å². The normalized spacial score (nSPS) is 20.0. The average molecular weight is 781 g/mol. The van der Waals surface area contributed by atoms with Crippen LogP contribution in [0.2, 0.25) is 0 Å². The van der Waals surface area contributed by atoms with Crippen LogP contribution in [0, 0.1) is 5.92 Å². The maximum atomic E-state index is 6.47. The molecule has 1 saturated heterocycles. The molecule has 3 unspecified atom stereocenters.